The van der Waals surface area contributed by atoms with Crippen LogP contribution >= 0.6 is 11.8 Å². The summed E-state index contributed by atoms with van der Waals surface area (Å²) in [7, 11) is 1.44. The third kappa shape index (κ3) is 4.67. The number of carbonyl (C=O) groups excluding carboxylic acids is 3. The van der Waals surface area contributed by atoms with Gasteiger partial charge in [0.15, 0.2) is 0 Å². The lowest BCUT2D eigenvalue weighted by atomic mass is 10.1. The first kappa shape index (κ1) is 21.8. The number of thioether (sulfide) groups is 1. The highest BCUT2D eigenvalue weighted by atomic mass is 32.2. The molecule has 0 aliphatic carbocycles. The van der Waals surface area contributed by atoms with Gasteiger partial charge in [-0.3, -0.25) is 14.4 Å². The number of carbonyl (C=O) groups is 5. The highest BCUT2D eigenvalue weighted by Crippen LogP contribution is 2.35. The topological polar surface area (TPSA) is 150 Å². The molecule has 2 aromatic rings. The summed E-state index contributed by atoms with van der Waals surface area (Å²) in [5, 5.41) is 19.1. The van der Waals surface area contributed by atoms with Crippen molar-refractivity contribution in [1.29, 1.82) is 0 Å². The van der Waals surface area contributed by atoms with Gasteiger partial charge >= 0.3 is 11.9 Å². The maximum Gasteiger partial charge on any atom is 0.337 e. The zero-order valence-electron chi connectivity index (χ0n) is 16.0. The molecule has 1 fully saturated rings. The third-order valence-electron chi connectivity index (χ3n) is 4.37. The van der Waals surface area contributed by atoms with Crippen molar-refractivity contribution < 1.29 is 38.9 Å². The second-order valence-electron chi connectivity index (χ2n) is 6.37. The molecule has 1 aliphatic rings. The Balaban J connectivity index is 1.76. The van der Waals surface area contributed by atoms with Gasteiger partial charge in [-0.2, -0.15) is 0 Å². The maximum atomic E-state index is 12.7. The molecular weight excluding hydrogens is 428 g/mol. The molecule has 3 N–H and O–H groups in total. The van der Waals surface area contributed by atoms with E-state index in [0.717, 1.165) is 23.1 Å². The molecule has 0 bridgehead atoms. The largest absolute Gasteiger partial charge is 0.497 e. The van der Waals surface area contributed by atoms with Crippen molar-refractivity contribution in [2.45, 2.75) is 11.7 Å². The van der Waals surface area contributed by atoms with Crippen molar-refractivity contribution in [1.82, 2.24) is 0 Å². The first-order chi connectivity index (χ1) is 14.7. The van der Waals surface area contributed by atoms with Gasteiger partial charge in [0.25, 0.3) is 5.24 Å². The molecule has 3 rings (SSSR count). The van der Waals surface area contributed by atoms with Gasteiger partial charge < -0.3 is 20.3 Å². The molecule has 1 heterocycles. The van der Waals surface area contributed by atoms with Crippen LogP contribution in [0, 0.1) is 0 Å². The number of hydrogen-bond acceptors (Lipinski definition) is 7. The van der Waals surface area contributed by atoms with E-state index in [1.165, 1.54) is 13.2 Å². The van der Waals surface area contributed by atoms with Crippen LogP contribution in [0.3, 0.4) is 0 Å². The van der Waals surface area contributed by atoms with Crippen LogP contribution in [-0.2, 0) is 9.59 Å². The number of ether oxygens (including phenoxy) is 1. The second kappa shape index (κ2) is 8.88. The first-order valence-electron chi connectivity index (χ1n) is 8.80. The summed E-state index contributed by atoms with van der Waals surface area (Å²) in [6, 6.07) is 9.50. The average molecular weight is 444 g/mol. The molecule has 0 radical (unpaired) electrons. The van der Waals surface area contributed by atoms with Gasteiger partial charge in [0.05, 0.1) is 29.6 Å². The lowest BCUT2D eigenvalue weighted by molar-refractivity contribution is -0.121. The Morgan fingerprint density at radius 3 is 2.48 bits per heavy atom. The van der Waals surface area contributed by atoms with Gasteiger partial charge in [0.2, 0.25) is 11.8 Å². The van der Waals surface area contributed by atoms with Gasteiger partial charge in [-0.25, -0.2) is 14.5 Å². The molecule has 1 saturated heterocycles. The van der Waals surface area contributed by atoms with Crippen LogP contribution < -0.4 is 15.0 Å². The van der Waals surface area contributed by atoms with Crippen molar-refractivity contribution in [2.24, 2.45) is 0 Å². The number of methoxy groups -OCH3 is 1. The molecule has 10 nitrogen and oxygen atoms in total. The Hall–Kier alpha value is -3.86. The highest BCUT2D eigenvalue weighted by Gasteiger charge is 2.41. The molecule has 1 atom stereocenters. The van der Waals surface area contributed by atoms with E-state index in [4.69, 9.17) is 9.84 Å². The first-order valence-corrected chi connectivity index (χ1v) is 9.68. The summed E-state index contributed by atoms with van der Waals surface area (Å²) in [4.78, 5) is 61.0. The number of rotatable bonds is 7. The summed E-state index contributed by atoms with van der Waals surface area (Å²) in [5.74, 6) is -3.55. The number of benzene rings is 2. The van der Waals surface area contributed by atoms with E-state index in [0.29, 0.717) is 23.2 Å². The fourth-order valence-electron chi connectivity index (χ4n) is 2.91. The fourth-order valence-corrected chi connectivity index (χ4v) is 3.89. The maximum absolute atomic E-state index is 12.7. The lowest BCUT2D eigenvalue weighted by Crippen LogP contribution is -2.33. The molecule has 31 heavy (non-hydrogen) atoms. The number of nitrogens with zero attached hydrogens (tertiary/aromatic N) is 1. The van der Waals surface area contributed by atoms with Crippen LogP contribution in [-0.4, -0.2) is 51.6 Å². The minimum absolute atomic E-state index is 0.217. The predicted molar refractivity (Wildman–Crippen MR) is 111 cm³/mol. The van der Waals surface area contributed by atoms with E-state index in [1.807, 2.05) is 0 Å². The SMILES string of the molecule is COc1cccc(N2C(=O)SC(CC(=O)Nc3cc(C(=O)O)ccc3C(=O)O)C2=O)c1. The number of anilines is 2. The molecule has 0 aromatic heterocycles. The monoisotopic (exact) mass is 444 g/mol. The minimum atomic E-state index is -1.36. The van der Waals surface area contributed by atoms with Crippen molar-refractivity contribution in [2.75, 3.05) is 17.3 Å². The third-order valence-corrected chi connectivity index (χ3v) is 5.41. The van der Waals surface area contributed by atoms with Gasteiger partial charge in [-0.15, -0.1) is 0 Å². The summed E-state index contributed by atoms with van der Waals surface area (Å²) < 4.78 is 5.09. The fraction of sp³-hybridized carbons (Fsp3) is 0.150. The number of hydrogen-bond donors (Lipinski definition) is 3. The molecule has 1 unspecified atom stereocenters. The number of imide groups is 1. The summed E-state index contributed by atoms with van der Waals surface area (Å²) in [6.07, 6.45) is -0.411. The van der Waals surface area contributed by atoms with Crippen LogP contribution in [0.5, 0.6) is 5.75 Å². The highest BCUT2D eigenvalue weighted by molar-refractivity contribution is 8.15. The smallest absolute Gasteiger partial charge is 0.337 e. The second-order valence-corrected chi connectivity index (χ2v) is 7.52. The zero-order valence-corrected chi connectivity index (χ0v) is 16.8. The Morgan fingerprint density at radius 2 is 1.84 bits per heavy atom. The quantitative estimate of drug-likeness (QED) is 0.585. The zero-order chi connectivity index (χ0) is 22.7. The van der Waals surface area contributed by atoms with Crippen LogP contribution in [0.25, 0.3) is 0 Å². The van der Waals surface area contributed by atoms with E-state index in [2.05, 4.69) is 5.32 Å². The summed E-state index contributed by atoms with van der Waals surface area (Å²) in [6.45, 7) is 0. The minimum Gasteiger partial charge on any atom is -0.497 e. The van der Waals surface area contributed by atoms with Gasteiger partial charge in [0, 0.05) is 12.5 Å². The molecule has 3 amide bonds. The van der Waals surface area contributed by atoms with Crippen LogP contribution in [0.2, 0.25) is 0 Å². The lowest BCUT2D eigenvalue weighted by Gasteiger charge is -2.15. The Kier molecular flexibility index (Phi) is 6.25. The number of amides is 3. The van der Waals surface area contributed by atoms with Crippen molar-refractivity contribution in [3.63, 3.8) is 0 Å². The summed E-state index contributed by atoms with van der Waals surface area (Å²) in [5.41, 5.74) is -0.445. The molecule has 0 spiro atoms. The predicted octanol–water partition coefficient (Wildman–Crippen LogP) is 2.69. The normalized spacial score (nSPS) is 15.6. The number of carboxylic acid groups (broad SMARTS) is 2. The molecule has 1 aliphatic heterocycles. The van der Waals surface area contributed by atoms with E-state index in [9.17, 15) is 29.1 Å². The van der Waals surface area contributed by atoms with Crippen LogP contribution in [0.1, 0.15) is 27.1 Å². The number of carboxylic acids is 2. The van der Waals surface area contributed by atoms with Crippen molar-refractivity contribution in [3.8, 4) is 5.75 Å². The van der Waals surface area contributed by atoms with E-state index >= 15 is 0 Å². The van der Waals surface area contributed by atoms with Crippen LogP contribution in [0.4, 0.5) is 16.2 Å². The van der Waals surface area contributed by atoms with E-state index < -0.39 is 40.7 Å². The van der Waals surface area contributed by atoms with E-state index in [-0.39, 0.29) is 16.8 Å². The van der Waals surface area contributed by atoms with E-state index in [1.54, 1.807) is 18.2 Å². The molecule has 0 saturated carbocycles. The van der Waals surface area contributed by atoms with Gasteiger partial charge in [-0.05, 0) is 42.1 Å². The Bertz CT molecular complexity index is 1100. The summed E-state index contributed by atoms with van der Waals surface area (Å²) >= 11 is 0.673. The molecule has 2 aromatic carbocycles. The van der Waals surface area contributed by atoms with Gasteiger partial charge in [-0.1, -0.05) is 6.07 Å². The molecular formula is C20H16N2O8S. The standard InChI is InChI=1S/C20H16N2O8S/c1-30-12-4-2-3-11(8-12)22-17(24)15(31-20(22)29)9-16(23)21-14-7-10(18(25)26)5-6-13(14)19(27)28/h2-8,15H,9H2,1H3,(H,21,23)(H,25,26)(H,27,28). The van der Waals surface area contributed by atoms with Crippen molar-refractivity contribution in [3.05, 3.63) is 53.6 Å². The molecule has 160 valence electrons. The molecule has 11 heteroatoms. The van der Waals surface area contributed by atoms with Gasteiger partial charge in [0.1, 0.15) is 11.0 Å². The number of aromatic carboxylic acids is 2. The average Bonchev–Trinajstić information content (AvgIpc) is 3.00. The Morgan fingerprint density at radius 1 is 1.10 bits per heavy atom. The Labute approximate surface area is 179 Å². The number of nitrogens with one attached hydrogen (secondary N) is 1. The van der Waals surface area contributed by atoms with Crippen LogP contribution in [0.15, 0.2) is 42.5 Å². The van der Waals surface area contributed by atoms with Crippen molar-refractivity contribution >= 4 is 52.1 Å².